The van der Waals surface area contributed by atoms with Crippen LogP contribution in [0.1, 0.15) is 40.4 Å². The minimum absolute atomic E-state index is 0.182. The van der Waals surface area contributed by atoms with E-state index in [1.807, 2.05) is 6.07 Å². The lowest BCUT2D eigenvalue weighted by Crippen LogP contribution is -2.14. The molecule has 148 valence electrons. The Bertz CT molecular complexity index is 1330. The molecule has 7 nitrogen and oxygen atoms in total. The van der Waals surface area contributed by atoms with Crippen LogP contribution in [0.2, 0.25) is 0 Å². The van der Waals surface area contributed by atoms with Crippen LogP contribution in [0.15, 0.2) is 24.5 Å². The van der Waals surface area contributed by atoms with Gasteiger partial charge in [-0.25, -0.2) is 8.84 Å². The fourth-order valence-corrected chi connectivity index (χ4v) is 5.43. The Balaban J connectivity index is 1.94. The van der Waals surface area contributed by atoms with E-state index in [0.717, 1.165) is 23.9 Å². The summed E-state index contributed by atoms with van der Waals surface area (Å²) in [6.45, 7) is 1.70. The van der Waals surface area contributed by atoms with Crippen LogP contribution in [0.25, 0.3) is 27.5 Å². The number of carbonyl (C=O) groups is 1. The molecule has 3 heterocycles. The van der Waals surface area contributed by atoms with Crippen LogP contribution in [0.4, 0.5) is 10.2 Å². The van der Waals surface area contributed by atoms with E-state index in [1.165, 1.54) is 6.07 Å². The minimum atomic E-state index is -0.637. The van der Waals surface area contributed by atoms with E-state index < -0.39 is 5.91 Å². The number of nitrogens with zero attached hydrogens (tertiary/aromatic N) is 4. The zero-order valence-corrected chi connectivity index (χ0v) is 18.6. The average molecular weight is 522 g/mol. The lowest BCUT2D eigenvalue weighted by molar-refractivity contribution is 0.100. The van der Waals surface area contributed by atoms with Crippen LogP contribution < -0.4 is 11.5 Å². The van der Waals surface area contributed by atoms with Crippen molar-refractivity contribution >= 4 is 61.9 Å². The van der Waals surface area contributed by atoms with Gasteiger partial charge in [0.25, 0.3) is 5.91 Å². The number of hydrogen-bond donors (Lipinski definition) is 2. The van der Waals surface area contributed by atoms with E-state index in [0.29, 0.717) is 40.0 Å². The number of nitrogen functional groups attached to an aromatic ring is 1. The molecule has 0 saturated heterocycles. The van der Waals surface area contributed by atoms with E-state index in [2.05, 4.69) is 32.1 Å². The van der Waals surface area contributed by atoms with Crippen LogP contribution in [0.5, 0.6) is 0 Å². The first-order valence-electron chi connectivity index (χ1n) is 9.05. The van der Waals surface area contributed by atoms with Gasteiger partial charge in [0.2, 0.25) is 0 Å². The molecule has 5 rings (SSSR count). The van der Waals surface area contributed by atoms with E-state index in [9.17, 15) is 9.18 Å². The van der Waals surface area contributed by atoms with Crippen LogP contribution >= 0.6 is 28.4 Å². The van der Waals surface area contributed by atoms with Crippen molar-refractivity contribution in [2.24, 2.45) is 5.73 Å². The van der Waals surface area contributed by atoms with Gasteiger partial charge in [0.05, 0.1) is 34.9 Å². The quantitative estimate of drug-likeness (QED) is 0.310. The molecular formula is C19H17FIN6OP. The number of rotatable bonds is 4. The molecule has 4 N–H and O–H groups in total. The number of halogens is 2. The van der Waals surface area contributed by atoms with Gasteiger partial charge in [0.15, 0.2) is 0 Å². The number of nitrogens with two attached hydrogens (primary N) is 2. The second-order valence-electron chi connectivity index (χ2n) is 7.27. The lowest BCUT2D eigenvalue weighted by atomic mass is 10.1. The SMILES string of the molecule is Cc1c(F)cc2c(cnn2PI)c1-n1c(N)c(C(N)=O)c2cnc(C3CC3)cc21. The van der Waals surface area contributed by atoms with Gasteiger partial charge in [0, 0.05) is 40.2 Å². The first-order chi connectivity index (χ1) is 13.9. The number of primary amides is 1. The first-order valence-corrected chi connectivity index (χ1v) is 13.1. The third kappa shape index (κ3) is 2.74. The highest BCUT2D eigenvalue weighted by molar-refractivity contribution is 14.2. The predicted molar refractivity (Wildman–Crippen MR) is 122 cm³/mol. The van der Waals surface area contributed by atoms with E-state index in [1.54, 1.807) is 28.3 Å². The molecule has 1 aliphatic rings. The van der Waals surface area contributed by atoms with Gasteiger partial charge in [-0.2, -0.15) is 5.10 Å². The van der Waals surface area contributed by atoms with Gasteiger partial charge in [0.1, 0.15) is 11.6 Å². The maximum absolute atomic E-state index is 14.9. The maximum Gasteiger partial charge on any atom is 0.253 e. The summed E-state index contributed by atoms with van der Waals surface area (Å²) in [5.74, 6) is -0.399. The minimum Gasteiger partial charge on any atom is -0.384 e. The van der Waals surface area contributed by atoms with Gasteiger partial charge >= 0.3 is 0 Å². The van der Waals surface area contributed by atoms with Gasteiger partial charge < -0.3 is 11.5 Å². The zero-order chi connectivity index (χ0) is 20.4. The zero-order valence-electron chi connectivity index (χ0n) is 15.4. The average Bonchev–Trinajstić information content (AvgIpc) is 3.40. The summed E-state index contributed by atoms with van der Waals surface area (Å²) in [5.41, 5.74) is 15.6. The number of hydrogen-bond acceptors (Lipinski definition) is 4. The number of aromatic nitrogens is 4. The van der Waals surface area contributed by atoms with Crippen molar-refractivity contribution < 1.29 is 9.18 Å². The fraction of sp³-hybridized carbons (Fsp3) is 0.211. The second kappa shape index (κ2) is 6.63. The molecule has 1 saturated carbocycles. The second-order valence-corrected chi connectivity index (χ2v) is 9.31. The first kappa shape index (κ1) is 18.7. The third-order valence-electron chi connectivity index (χ3n) is 5.49. The molecule has 0 radical (unpaired) electrons. The van der Waals surface area contributed by atoms with Crippen molar-refractivity contribution in [1.29, 1.82) is 0 Å². The van der Waals surface area contributed by atoms with Crippen molar-refractivity contribution in [2.45, 2.75) is 25.7 Å². The maximum atomic E-state index is 14.9. The molecule has 1 aromatic carbocycles. The van der Waals surface area contributed by atoms with Gasteiger partial charge in [-0.05, 0) is 47.9 Å². The smallest absolute Gasteiger partial charge is 0.253 e. The Hall–Kier alpha value is -2.26. The summed E-state index contributed by atoms with van der Waals surface area (Å²) in [4.78, 5) is 16.7. The molecule has 29 heavy (non-hydrogen) atoms. The number of pyridine rings is 1. The highest BCUT2D eigenvalue weighted by Gasteiger charge is 2.29. The predicted octanol–water partition coefficient (Wildman–Crippen LogP) is 4.17. The van der Waals surface area contributed by atoms with Gasteiger partial charge in [-0.3, -0.25) is 14.3 Å². The molecule has 0 spiro atoms. The summed E-state index contributed by atoms with van der Waals surface area (Å²) >= 11 is 2.20. The molecule has 0 bridgehead atoms. The van der Waals surface area contributed by atoms with Gasteiger partial charge in [-0.1, -0.05) is 0 Å². The molecule has 10 heteroatoms. The van der Waals surface area contributed by atoms with Crippen molar-refractivity contribution in [1.82, 2.24) is 19.1 Å². The fourth-order valence-electron chi connectivity index (χ4n) is 3.90. The summed E-state index contributed by atoms with van der Waals surface area (Å²) in [5, 5.41) is 5.72. The molecule has 1 atom stereocenters. The van der Waals surface area contributed by atoms with E-state index in [4.69, 9.17) is 11.5 Å². The molecule has 1 amide bonds. The van der Waals surface area contributed by atoms with E-state index >= 15 is 0 Å². The highest BCUT2D eigenvalue weighted by atomic mass is 127. The largest absolute Gasteiger partial charge is 0.384 e. The third-order valence-corrected chi connectivity index (χ3v) is 7.38. The molecule has 3 aromatic heterocycles. The molecular weight excluding hydrogens is 505 g/mol. The molecule has 1 aliphatic carbocycles. The Labute approximate surface area is 180 Å². The normalized spacial score (nSPS) is 14.6. The summed E-state index contributed by atoms with van der Waals surface area (Å²) in [6, 6.07) is 3.43. The van der Waals surface area contributed by atoms with Crippen molar-refractivity contribution in [2.75, 3.05) is 5.73 Å². The highest BCUT2D eigenvalue weighted by Crippen LogP contribution is 2.42. The summed E-state index contributed by atoms with van der Waals surface area (Å²) in [7, 11) is 0. The van der Waals surface area contributed by atoms with Crippen molar-refractivity contribution in [3.05, 3.63) is 47.2 Å². The van der Waals surface area contributed by atoms with Crippen LogP contribution in [-0.4, -0.2) is 25.0 Å². The Morgan fingerprint density at radius 2 is 2.03 bits per heavy atom. The summed E-state index contributed by atoms with van der Waals surface area (Å²) in [6.07, 6.45) is 5.86. The number of carbonyl (C=O) groups excluding carboxylic acids is 1. The topological polar surface area (TPSA) is 105 Å². The van der Waals surface area contributed by atoms with Crippen molar-refractivity contribution in [3.8, 4) is 5.69 Å². The van der Waals surface area contributed by atoms with Crippen LogP contribution in [-0.2, 0) is 0 Å². The summed E-state index contributed by atoms with van der Waals surface area (Å²) < 4.78 is 18.4. The van der Waals surface area contributed by atoms with Crippen molar-refractivity contribution in [3.63, 3.8) is 0 Å². The molecule has 1 unspecified atom stereocenters. The Morgan fingerprint density at radius 1 is 1.28 bits per heavy atom. The number of amides is 1. The number of fused-ring (bicyclic) bond motifs is 2. The molecule has 4 aromatic rings. The standard InChI is InChI=1S/C19H17FIN6OP/c1-8-12(20)4-15-11(7-25-27(15)29-21)17(8)26-14-5-13(9-2-3-9)24-6-10(14)16(18(26)22)19(23)28/h4-7,9,29H,2-3,22H2,1H3,(H2,23,28). The lowest BCUT2D eigenvalue weighted by Gasteiger charge is -2.14. The Kier molecular flexibility index (Phi) is 4.29. The van der Waals surface area contributed by atoms with Gasteiger partial charge in [-0.15, -0.1) is 0 Å². The Morgan fingerprint density at radius 3 is 2.69 bits per heavy atom. The number of anilines is 1. The number of benzene rings is 1. The molecule has 0 aliphatic heterocycles. The van der Waals surface area contributed by atoms with E-state index in [-0.39, 0.29) is 17.2 Å². The monoisotopic (exact) mass is 522 g/mol. The van der Waals surface area contributed by atoms with Crippen LogP contribution in [0.3, 0.4) is 0 Å². The van der Waals surface area contributed by atoms with Crippen LogP contribution in [0, 0.1) is 12.7 Å². The molecule has 1 fully saturated rings.